The third-order valence-electron chi connectivity index (χ3n) is 7.96. The lowest BCUT2D eigenvalue weighted by molar-refractivity contribution is -0.135. The summed E-state index contributed by atoms with van der Waals surface area (Å²) in [6.45, 7) is 4.80. The zero-order valence-electron chi connectivity index (χ0n) is 22.8. The summed E-state index contributed by atoms with van der Waals surface area (Å²) < 4.78 is 0. The number of carbonyl (C=O) groups is 2. The number of hydrogen-bond acceptors (Lipinski definition) is 5. The van der Waals surface area contributed by atoms with Gasteiger partial charge in [-0.3, -0.25) is 14.5 Å². The van der Waals surface area contributed by atoms with E-state index in [9.17, 15) is 9.59 Å². The third-order valence-corrected chi connectivity index (χ3v) is 7.96. The number of imidazole rings is 1. The second kappa shape index (κ2) is 11.4. The van der Waals surface area contributed by atoms with Gasteiger partial charge in [0.1, 0.15) is 23.3 Å². The predicted molar refractivity (Wildman–Crippen MR) is 157 cm³/mol. The SMILES string of the molecule is CCC(=O)CCCN1CCN(C(=O)Cc2c[nH]c3ncccc23)C(c2ncc(-c3ccc4ccccc4c3)[nH]2)C1. The molecule has 1 saturated heterocycles. The highest BCUT2D eigenvalue weighted by atomic mass is 16.2. The maximum Gasteiger partial charge on any atom is 0.227 e. The smallest absolute Gasteiger partial charge is 0.227 e. The van der Waals surface area contributed by atoms with Crippen molar-refractivity contribution in [3.8, 4) is 11.3 Å². The zero-order valence-corrected chi connectivity index (χ0v) is 22.8. The molecule has 1 aliphatic rings. The number of Topliss-reactive ketones (excluding diaryl/α,β-unsaturated/α-hetero) is 1. The largest absolute Gasteiger partial charge is 0.346 e. The van der Waals surface area contributed by atoms with Crippen LogP contribution in [0.15, 0.2) is 73.2 Å². The van der Waals surface area contributed by atoms with E-state index in [0.717, 1.165) is 53.2 Å². The summed E-state index contributed by atoms with van der Waals surface area (Å²) in [6.07, 6.45) is 7.81. The number of carbonyl (C=O) groups excluding carboxylic acids is 2. The van der Waals surface area contributed by atoms with Crippen molar-refractivity contribution in [2.75, 3.05) is 26.2 Å². The van der Waals surface area contributed by atoms with Gasteiger partial charge in [0.05, 0.1) is 18.3 Å². The molecule has 2 aromatic carbocycles. The number of nitrogens with zero attached hydrogens (tertiary/aromatic N) is 4. The summed E-state index contributed by atoms with van der Waals surface area (Å²) in [5.41, 5.74) is 3.73. The lowest BCUT2D eigenvalue weighted by Crippen LogP contribution is -2.51. The molecule has 40 heavy (non-hydrogen) atoms. The maximum absolute atomic E-state index is 13.8. The first-order valence-electron chi connectivity index (χ1n) is 14.1. The molecule has 4 heterocycles. The first-order chi connectivity index (χ1) is 19.6. The molecular weight excluding hydrogens is 500 g/mol. The number of pyridine rings is 1. The highest BCUT2D eigenvalue weighted by Crippen LogP contribution is 2.29. The standard InChI is InChI=1S/C32H34N6O2/c1-2-26(39)9-6-14-37-15-16-38(30(40)18-25-19-34-31-27(25)10-5-13-33-31)29(21-37)32-35-20-28(36-32)24-12-11-22-7-3-4-8-23(22)17-24/h3-5,7-8,10-13,17,19-20,29H,2,6,9,14-16,18,21H2,1H3,(H,33,34)(H,35,36). The quantitative estimate of drug-likeness (QED) is 0.268. The van der Waals surface area contributed by atoms with Gasteiger partial charge >= 0.3 is 0 Å². The molecule has 0 spiro atoms. The molecule has 5 aromatic rings. The Kier molecular flexibility index (Phi) is 7.42. The van der Waals surface area contributed by atoms with Crippen LogP contribution in [-0.2, 0) is 16.0 Å². The minimum Gasteiger partial charge on any atom is -0.346 e. The van der Waals surface area contributed by atoms with Crippen molar-refractivity contribution in [2.24, 2.45) is 0 Å². The molecule has 1 unspecified atom stereocenters. The van der Waals surface area contributed by atoms with Gasteiger partial charge < -0.3 is 14.9 Å². The van der Waals surface area contributed by atoms with Crippen LogP contribution in [0.5, 0.6) is 0 Å². The number of fused-ring (bicyclic) bond motifs is 2. The van der Waals surface area contributed by atoms with Gasteiger partial charge in [-0.25, -0.2) is 9.97 Å². The molecule has 8 heteroatoms. The summed E-state index contributed by atoms with van der Waals surface area (Å²) in [5, 5.41) is 3.34. The fraction of sp³-hybridized carbons (Fsp3) is 0.312. The van der Waals surface area contributed by atoms with Gasteiger partial charge in [-0.05, 0) is 47.5 Å². The molecule has 1 fully saturated rings. The average Bonchev–Trinajstić information content (AvgIpc) is 3.65. The molecule has 0 radical (unpaired) electrons. The Morgan fingerprint density at radius 1 is 1.02 bits per heavy atom. The number of piperazine rings is 1. The lowest BCUT2D eigenvalue weighted by atomic mass is 10.1. The van der Waals surface area contributed by atoms with E-state index in [0.29, 0.717) is 38.1 Å². The second-order valence-electron chi connectivity index (χ2n) is 10.5. The number of aromatic amines is 2. The van der Waals surface area contributed by atoms with E-state index < -0.39 is 0 Å². The van der Waals surface area contributed by atoms with Crippen LogP contribution >= 0.6 is 0 Å². The number of amides is 1. The number of rotatable bonds is 9. The van der Waals surface area contributed by atoms with Gasteiger partial charge in [0.25, 0.3) is 0 Å². The molecule has 1 atom stereocenters. The van der Waals surface area contributed by atoms with E-state index >= 15 is 0 Å². The van der Waals surface area contributed by atoms with Gasteiger partial charge in [0, 0.05) is 55.8 Å². The van der Waals surface area contributed by atoms with Crippen LogP contribution in [0.4, 0.5) is 0 Å². The van der Waals surface area contributed by atoms with Crippen molar-refractivity contribution in [3.63, 3.8) is 0 Å². The van der Waals surface area contributed by atoms with Gasteiger partial charge in [-0.2, -0.15) is 0 Å². The molecule has 0 bridgehead atoms. The van der Waals surface area contributed by atoms with Crippen molar-refractivity contribution < 1.29 is 9.59 Å². The average molecular weight is 535 g/mol. The second-order valence-corrected chi connectivity index (χ2v) is 10.5. The molecule has 204 valence electrons. The Morgan fingerprint density at radius 3 is 2.77 bits per heavy atom. The number of benzene rings is 2. The van der Waals surface area contributed by atoms with Crippen LogP contribution in [0.1, 0.15) is 43.6 Å². The first-order valence-corrected chi connectivity index (χ1v) is 14.1. The summed E-state index contributed by atoms with van der Waals surface area (Å²) >= 11 is 0. The molecule has 2 N–H and O–H groups in total. The van der Waals surface area contributed by atoms with Gasteiger partial charge in [-0.15, -0.1) is 0 Å². The number of nitrogens with one attached hydrogen (secondary N) is 2. The maximum atomic E-state index is 13.8. The van der Waals surface area contributed by atoms with Gasteiger partial charge in [0.2, 0.25) is 5.91 Å². The highest BCUT2D eigenvalue weighted by Gasteiger charge is 2.33. The monoisotopic (exact) mass is 534 g/mol. The van der Waals surface area contributed by atoms with Crippen LogP contribution in [0.3, 0.4) is 0 Å². The fourth-order valence-corrected chi connectivity index (χ4v) is 5.68. The Morgan fingerprint density at radius 2 is 1.90 bits per heavy atom. The number of aromatic nitrogens is 4. The normalized spacial score (nSPS) is 16.1. The predicted octanol–water partition coefficient (Wildman–Crippen LogP) is 5.29. The molecule has 0 aliphatic carbocycles. The molecule has 8 nitrogen and oxygen atoms in total. The summed E-state index contributed by atoms with van der Waals surface area (Å²) in [6, 6.07) is 18.4. The van der Waals surface area contributed by atoms with Crippen LogP contribution in [0.2, 0.25) is 0 Å². The van der Waals surface area contributed by atoms with E-state index in [4.69, 9.17) is 4.98 Å². The van der Waals surface area contributed by atoms with Gasteiger partial charge in [-0.1, -0.05) is 43.3 Å². The molecule has 0 saturated carbocycles. The Bertz CT molecular complexity index is 1650. The Hall–Kier alpha value is -4.30. The Labute approximate surface area is 233 Å². The topological polar surface area (TPSA) is 98.0 Å². The number of hydrogen-bond donors (Lipinski definition) is 2. The summed E-state index contributed by atoms with van der Waals surface area (Å²) in [4.78, 5) is 45.8. The number of H-pyrrole nitrogens is 2. The van der Waals surface area contributed by atoms with Crippen LogP contribution in [-0.4, -0.2) is 67.6 Å². The van der Waals surface area contributed by atoms with E-state index in [1.54, 1.807) is 6.20 Å². The van der Waals surface area contributed by atoms with Crippen molar-refractivity contribution in [1.82, 2.24) is 29.7 Å². The molecular formula is C32H34N6O2. The minimum absolute atomic E-state index is 0.0687. The van der Waals surface area contributed by atoms with Crippen molar-refractivity contribution in [2.45, 2.75) is 38.6 Å². The molecule has 6 rings (SSSR count). The molecule has 1 aliphatic heterocycles. The minimum atomic E-state index is -0.208. The van der Waals surface area contributed by atoms with E-state index in [1.165, 1.54) is 10.8 Å². The Balaban J connectivity index is 1.25. The van der Waals surface area contributed by atoms with E-state index in [2.05, 4.69) is 50.2 Å². The van der Waals surface area contributed by atoms with E-state index in [-0.39, 0.29) is 11.9 Å². The molecule has 3 aromatic heterocycles. The van der Waals surface area contributed by atoms with Crippen LogP contribution in [0, 0.1) is 0 Å². The lowest BCUT2D eigenvalue weighted by Gasteiger charge is -2.40. The third kappa shape index (κ3) is 5.40. The first kappa shape index (κ1) is 26.0. The van der Waals surface area contributed by atoms with Crippen molar-refractivity contribution in [3.05, 3.63) is 84.6 Å². The molecule has 1 amide bonds. The van der Waals surface area contributed by atoms with Crippen molar-refractivity contribution in [1.29, 1.82) is 0 Å². The summed E-state index contributed by atoms with van der Waals surface area (Å²) in [5.74, 6) is 1.15. The highest BCUT2D eigenvalue weighted by molar-refractivity contribution is 5.88. The van der Waals surface area contributed by atoms with E-state index in [1.807, 2.05) is 48.5 Å². The zero-order chi connectivity index (χ0) is 27.5. The van der Waals surface area contributed by atoms with Crippen molar-refractivity contribution >= 4 is 33.5 Å². The van der Waals surface area contributed by atoms with Crippen LogP contribution in [0.25, 0.3) is 33.1 Å². The number of ketones is 1. The van der Waals surface area contributed by atoms with Crippen LogP contribution < -0.4 is 0 Å². The van der Waals surface area contributed by atoms with Gasteiger partial charge in [0.15, 0.2) is 0 Å². The fourth-order valence-electron chi connectivity index (χ4n) is 5.68. The summed E-state index contributed by atoms with van der Waals surface area (Å²) in [7, 11) is 0.